The van der Waals surface area contributed by atoms with Crippen LogP contribution in [0.15, 0.2) is 24.3 Å². The van der Waals surface area contributed by atoms with Gasteiger partial charge in [0.25, 0.3) is 0 Å². The molecule has 0 aromatic carbocycles. The van der Waals surface area contributed by atoms with E-state index in [1.165, 1.54) is 13.8 Å². The van der Waals surface area contributed by atoms with Crippen molar-refractivity contribution in [1.82, 2.24) is 0 Å². The molecule has 0 heterocycles. The minimum atomic E-state index is -4.67. The van der Waals surface area contributed by atoms with Gasteiger partial charge in [-0.2, -0.15) is 0 Å². The Balaban J connectivity index is 4.61. The minimum Gasteiger partial charge on any atom is -0.462 e. The van der Waals surface area contributed by atoms with Gasteiger partial charge in [-0.3, -0.25) is 9.13 Å². The largest absolute Gasteiger partial charge is 0.462 e. The highest BCUT2D eigenvalue weighted by atomic mass is 31.2. The molecule has 16 heteroatoms. The zero-order valence-electron chi connectivity index (χ0n) is 18.8. The number of esters is 3. The zero-order chi connectivity index (χ0) is 26.5. The first kappa shape index (κ1) is 32.1. The monoisotopic (exact) mass is 532 g/mol. The van der Waals surface area contributed by atoms with Gasteiger partial charge in [0.1, 0.15) is 32.5 Å². The Morgan fingerprint density at radius 1 is 0.735 bits per heavy atom. The van der Waals surface area contributed by atoms with E-state index in [9.17, 15) is 23.5 Å². The maximum atomic E-state index is 11.8. The Kier molecular flexibility index (Phi) is 14.3. The second-order valence-corrected chi connectivity index (χ2v) is 10.5. The van der Waals surface area contributed by atoms with Crippen molar-refractivity contribution >= 4 is 33.1 Å². The van der Waals surface area contributed by atoms with Gasteiger partial charge in [0.2, 0.25) is 0 Å². The average Bonchev–Trinajstić information content (AvgIpc) is 2.67. The average molecular weight is 532 g/mol. The smallest absolute Gasteiger partial charge is 0.333 e. The fourth-order valence-corrected chi connectivity index (χ4v) is 3.75. The van der Waals surface area contributed by atoms with Crippen LogP contribution in [0.1, 0.15) is 13.8 Å². The Bertz CT molecular complexity index is 773. The zero-order valence-corrected chi connectivity index (χ0v) is 20.6. The molecule has 0 rings (SSSR count). The molecule has 0 aliphatic carbocycles. The van der Waals surface area contributed by atoms with Crippen molar-refractivity contribution in [2.24, 2.45) is 0 Å². The Morgan fingerprint density at radius 2 is 1.18 bits per heavy atom. The Labute approximate surface area is 196 Å². The second kappa shape index (κ2) is 15.2. The maximum Gasteiger partial charge on any atom is 0.333 e. The third kappa shape index (κ3) is 17.6. The van der Waals surface area contributed by atoms with Crippen molar-refractivity contribution in [3.8, 4) is 0 Å². The number of carbonyl (C=O) groups excluding carboxylic acids is 3. The van der Waals surface area contributed by atoms with Gasteiger partial charge in [-0.05, 0) is 13.8 Å². The lowest BCUT2D eigenvalue weighted by atomic mass is 10.3. The SMILES string of the molecule is C=C(C)C(=O)OCC(COC(=O)C(=C)C)OCCOC(=O)COC(CP(=O)(O)O)CP(=O)(O)O. The summed E-state index contributed by atoms with van der Waals surface area (Å²) in [5.41, 5.74) is 0.282. The lowest BCUT2D eigenvalue weighted by Crippen LogP contribution is -2.31. The van der Waals surface area contributed by atoms with Gasteiger partial charge in [0.15, 0.2) is 0 Å². The van der Waals surface area contributed by atoms with Gasteiger partial charge in [-0.1, -0.05) is 13.2 Å². The first-order valence-corrected chi connectivity index (χ1v) is 13.2. The molecule has 0 bridgehead atoms. The molecule has 4 N–H and O–H groups in total. The normalized spacial score (nSPS) is 11.9. The van der Waals surface area contributed by atoms with Crippen molar-refractivity contribution in [1.29, 1.82) is 0 Å². The van der Waals surface area contributed by atoms with Crippen LogP contribution in [0.4, 0.5) is 0 Å². The van der Waals surface area contributed by atoms with E-state index in [-0.39, 0.29) is 37.6 Å². The van der Waals surface area contributed by atoms with Gasteiger partial charge in [0, 0.05) is 11.1 Å². The van der Waals surface area contributed by atoms with Crippen molar-refractivity contribution in [3.05, 3.63) is 24.3 Å². The fourth-order valence-electron chi connectivity index (χ4n) is 2.02. The summed E-state index contributed by atoms with van der Waals surface area (Å²) in [5.74, 6) is -2.38. The third-order valence-corrected chi connectivity index (χ3v) is 5.28. The van der Waals surface area contributed by atoms with Gasteiger partial charge < -0.3 is 43.3 Å². The summed E-state index contributed by atoms with van der Waals surface area (Å²) in [6.07, 6.45) is -4.48. The fraction of sp³-hybridized carbons (Fsp3) is 0.611. The molecule has 0 aromatic heterocycles. The van der Waals surface area contributed by atoms with Gasteiger partial charge in [-0.25, -0.2) is 14.4 Å². The van der Waals surface area contributed by atoms with Crippen LogP contribution < -0.4 is 0 Å². The summed E-state index contributed by atoms with van der Waals surface area (Å²) in [7, 11) is -9.34. The molecule has 0 radical (unpaired) electrons. The standard InChI is InChI=1S/C18H30O14P2/c1-12(2)17(20)31-7-14(8-32-18(21)13(3)4)28-5-6-29-16(19)9-30-15(10-33(22,23)24)11-34(25,26)27/h14-15H,1,3,5-11H2,2,4H3,(H2,22,23,24)(H2,25,26,27). The molecule has 0 saturated carbocycles. The van der Waals surface area contributed by atoms with Gasteiger partial charge in [-0.15, -0.1) is 0 Å². The highest BCUT2D eigenvalue weighted by molar-refractivity contribution is 7.53. The van der Waals surface area contributed by atoms with E-state index in [1.54, 1.807) is 0 Å². The van der Waals surface area contributed by atoms with E-state index in [0.29, 0.717) is 0 Å². The van der Waals surface area contributed by atoms with E-state index < -0.39 is 64.2 Å². The van der Waals surface area contributed by atoms with Crippen LogP contribution in [0, 0.1) is 0 Å². The molecule has 0 atom stereocenters. The first-order chi connectivity index (χ1) is 15.5. The lowest BCUT2D eigenvalue weighted by molar-refractivity contribution is -0.156. The molecule has 0 saturated heterocycles. The highest BCUT2D eigenvalue weighted by Gasteiger charge is 2.29. The van der Waals surface area contributed by atoms with Crippen LogP contribution in [0.3, 0.4) is 0 Å². The summed E-state index contributed by atoms with van der Waals surface area (Å²) in [4.78, 5) is 70.7. The van der Waals surface area contributed by atoms with Crippen LogP contribution >= 0.6 is 15.2 Å². The van der Waals surface area contributed by atoms with Crippen molar-refractivity contribution in [3.63, 3.8) is 0 Å². The van der Waals surface area contributed by atoms with Crippen molar-refractivity contribution in [2.45, 2.75) is 26.1 Å². The van der Waals surface area contributed by atoms with E-state index in [2.05, 4.69) is 13.2 Å². The Hall–Kier alpha value is -1.89. The number of ether oxygens (including phenoxy) is 5. The quantitative estimate of drug-likeness (QED) is 0.0633. The van der Waals surface area contributed by atoms with E-state index in [0.717, 1.165) is 0 Å². The van der Waals surface area contributed by atoms with Crippen LogP contribution in [-0.2, 0) is 47.2 Å². The maximum absolute atomic E-state index is 11.8. The summed E-state index contributed by atoms with van der Waals surface area (Å²) in [6.45, 7) is 7.75. The van der Waals surface area contributed by atoms with Crippen molar-refractivity contribution < 1.29 is 66.8 Å². The molecular weight excluding hydrogens is 502 g/mol. The molecule has 0 amide bonds. The number of hydrogen-bond acceptors (Lipinski definition) is 10. The Morgan fingerprint density at radius 3 is 1.56 bits per heavy atom. The van der Waals surface area contributed by atoms with Crippen LogP contribution in [0.2, 0.25) is 0 Å². The molecule has 14 nitrogen and oxygen atoms in total. The van der Waals surface area contributed by atoms with E-state index in [4.69, 9.17) is 43.3 Å². The summed E-state index contributed by atoms with van der Waals surface area (Å²) in [6, 6.07) is 0. The molecule has 0 aromatic rings. The molecule has 0 spiro atoms. The number of rotatable bonds is 17. The summed E-state index contributed by atoms with van der Waals surface area (Å²) in [5, 5.41) is 0. The third-order valence-electron chi connectivity index (χ3n) is 3.52. The van der Waals surface area contributed by atoms with Crippen molar-refractivity contribution in [2.75, 3.05) is 45.4 Å². The van der Waals surface area contributed by atoms with Crippen LogP contribution in [0.5, 0.6) is 0 Å². The molecule has 0 aliphatic rings. The minimum absolute atomic E-state index is 0.141. The second-order valence-electron chi connectivity index (χ2n) is 7.10. The lowest BCUT2D eigenvalue weighted by Gasteiger charge is -2.19. The number of carbonyl (C=O) groups is 3. The first-order valence-electron chi connectivity index (χ1n) is 9.63. The van der Waals surface area contributed by atoms with Crippen LogP contribution in [0.25, 0.3) is 0 Å². The van der Waals surface area contributed by atoms with Crippen LogP contribution in [-0.4, -0.2) is 95.0 Å². The molecule has 0 unspecified atom stereocenters. The summed E-state index contributed by atoms with van der Waals surface area (Å²) >= 11 is 0. The van der Waals surface area contributed by atoms with Gasteiger partial charge in [0.05, 0.1) is 25.0 Å². The molecule has 196 valence electrons. The van der Waals surface area contributed by atoms with Gasteiger partial charge >= 0.3 is 33.1 Å². The topological polar surface area (TPSA) is 212 Å². The van der Waals surface area contributed by atoms with E-state index >= 15 is 0 Å². The predicted molar refractivity (Wildman–Crippen MR) is 116 cm³/mol. The predicted octanol–water partition coefficient (Wildman–Crippen LogP) is -0.106. The molecule has 34 heavy (non-hydrogen) atoms. The highest BCUT2D eigenvalue weighted by Crippen LogP contribution is 2.41. The molecule has 0 fully saturated rings. The van der Waals surface area contributed by atoms with E-state index in [1.807, 2.05) is 0 Å². The number of hydrogen-bond donors (Lipinski definition) is 4. The molecular formula is C18H30O14P2. The summed E-state index contributed by atoms with van der Waals surface area (Å²) < 4.78 is 47.1. The molecule has 0 aliphatic heterocycles.